The van der Waals surface area contributed by atoms with Crippen LogP contribution in [0.25, 0.3) is 44.1 Å². The van der Waals surface area contributed by atoms with Crippen molar-refractivity contribution in [2.45, 2.75) is 20.8 Å². The molecule has 1 N–H and O–H groups in total. The van der Waals surface area contributed by atoms with Crippen molar-refractivity contribution in [3.8, 4) is 45.8 Å². The van der Waals surface area contributed by atoms with Crippen LogP contribution >= 0.6 is 11.6 Å². The van der Waals surface area contributed by atoms with Gasteiger partial charge in [-0.05, 0) is 182 Å². The minimum absolute atomic E-state index is 0.0881. The molecule has 0 aliphatic rings. The molecule has 0 spiro atoms. The number of carbonyl (C=O) groups excluding carboxylic acids is 1. The molecule has 8 aromatic rings. The van der Waals surface area contributed by atoms with E-state index in [0.717, 1.165) is 63.0 Å². The molecule has 0 aliphatic carbocycles. The number of benzene rings is 6. The van der Waals surface area contributed by atoms with Crippen molar-refractivity contribution in [1.82, 2.24) is 14.9 Å². The van der Waals surface area contributed by atoms with Gasteiger partial charge in [0.05, 0.1) is 38.7 Å². The van der Waals surface area contributed by atoms with Crippen molar-refractivity contribution < 1.29 is 32.2 Å². The largest absolute Gasteiger partial charge is 0.497 e. The van der Waals surface area contributed by atoms with Gasteiger partial charge in [-0.3, -0.25) is 9.59 Å². The maximum absolute atomic E-state index is 13.0. The molecule has 2 aromatic heterocycles. The van der Waals surface area contributed by atoms with Crippen LogP contribution in [-0.4, -0.2) is 55.2 Å². The number of nitrogens with one attached hydrogen (secondary N) is 1. The molecular formula is C52H46ClF3N4O5. The van der Waals surface area contributed by atoms with Gasteiger partial charge in [0.25, 0.3) is 11.5 Å². The summed E-state index contributed by atoms with van der Waals surface area (Å²) < 4.78 is 53.5. The Bertz CT molecular complexity index is 2970. The molecule has 8 rings (SSSR count). The number of aromatic amines is 1. The third-order valence-corrected chi connectivity index (χ3v) is 10.3. The Kier molecular flexibility index (Phi) is 17.3. The van der Waals surface area contributed by atoms with Crippen LogP contribution in [0.3, 0.4) is 0 Å². The van der Waals surface area contributed by atoms with Gasteiger partial charge in [-0.15, -0.1) is 0 Å². The van der Waals surface area contributed by atoms with Gasteiger partial charge in [-0.25, -0.2) is 18.2 Å². The second kappa shape index (κ2) is 23.2. The number of aryl methyl sites for hydroxylation is 1. The first-order valence-electron chi connectivity index (χ1n) is 20.3. The summed E-state index contributed by atoms with van der Waals surface area (Å²) in [7, 11) is 4.82. The fourth-order valence-electron chi connectivity index (χ4n) is 6.46. The summed E-state index contributed by atoms with van der Waals surface area (Å²) in [5.41, 5.74) is 4.94. The van der Waals surface area contributed by atoms with Crippen molar-refractivity contribution in [2.24, 2.45) is 0 Å². The van der Waals surface area contributed by atoms with Gasteiger partial charge in [-0.1, -0.05) is 11.6 Å². The number of ether oxygens (including phenoxy) is 3. The predicted octanol–water partition coefficient (Wildman–Crippen LogP) is 12.2. The number of rotatable bonds is 8. The SMILES string of the molecule is CCN(CC)C(=O)c1ccc(OC)cc1C.COc1ccc2c(=O)[nH]c(-c3ccc(F)cc3)cc2c1.COc1ccc2c(Cl)nc(-c3ccc(F)cc3)cc2c1.N#Cc1ccc(F)cc1. The topological polar surface area (TPSA) is 118 Å². The lowest BCUT2D eigenvalue weighted by atomic mass is 10.1. The number of pyridine rings is 2. The lowest BCUT2D eigenvalue weighted by Gasteiger charge is -2.19. The van der Waals surface area contributed by atoms with E-state index in [9.17, 15) is 22.8 Å². The van der Waals surface area contributed by atoms with E-state index in [4.69, 9.17) is 31.1 Å². The van der Waals surface area contributed by atoms with E-state index in [1.165, 1.54) is 48.5 Å². The van der Waals surface area contributed by atoms with Crippen LogP contribution in [0.15, 0.2) is 144 Å². The lowest BCUT2D eigenvalue weighted by Crippen LogP contribution is -2.30. The van der Waals surface area contributed by atoms with Crippen LogP contribution in [0.2, 0.25) is 5.15 Å². The normalized spacial score (nSPS) is 10.2. The van der Waals surface area contributed by atoms with Crippen LogP contribution in [0.4, 0.5) is 13.2 Å². The second-order valence-electron chi connectivity index (χ2n) is 14.1. The molecule has 1 amide bonds. The molecule has 0 aliphatic heterocycles. The summed E-state index contributed by atoms with van der Waals surface area (Å²) in [5.74, 6) is 1.42. The fraction of sp³-hybridized carbons (Fsp3) is 0.154. The van der Waals surface area contributed by atoms with E-state index < -0.39 is 0 Å². The monoisotopic (exact) mass is 898 g/mol. The highest BCUT2D eigenvalue weighted by Crippen LogP contribution is 2.30. The molecule has 0 fully saturated rings. The Hall–Kier alpha value is -7.62. The van der Waals surface area contributed by atoms with Gasteiger partial charge in [0.15, 0.2) is 0 Å². The number of aromatic nitrogens is 2. The zero-order valence-electron chi connectivity index (χ0n) is 36.6. The molecule has 0 atom stereocenters. The number of H-pyrrole nitrogens is 1. The highest BCUT2D eigenvalue weighted by atomic mass is 35.5. The quantitative estimate of drug-likeness (QED) is 0.151. The summed E-state index contributed by atoms with van der Waals surface area (Å²) in [5, 5.41) is 11.8. The van der Waals surface area contributed by atoms with Gasteiger partial charge in [0.1, 0.15) is 39.9 Å². The van der Waals surface area contributed by atoms with Crippen molar-refractivity contribution in [3.63, 3.8) is 0 Å². The molecule has 0 saturated carbocycles. The molecule has 9 nitrogen and oxygen atoms in total. The van der Waals surface area contributed by atoms with Crippen molar-refractivity contribution in [2.75, 3.05) is 34.4 Å². The molecule has 6 aromatic carbocycles. The van der Waals surface area contributed by atoms with E-state index in [1.807, 2.05) is 80.3 Å². The summed E-state index contributed by atoms with van der Waals surface area (Å²) in [6.07, 6.45) is 0. The Labute approximate surface area is 380 Å². The van der Waals surface area contributed by atoms with Crippen LogP contribution in [0.1, 0.15) is 35.3 Å². The van der Waals surface area contributed by atoms with Crippen LogP contribution in [0.5, 0.6) is 17.2 Å². The Morgan fingerprint density at radius 3 is 1.65 bits per heavy atom. The number of methoxy groups -OCH3 is 3. The molecule has 0 unspecified atom stereocenters. The second-order valence-corrected chi connectivity index (χ2v) is 14.5. The highest BCUT2D eigenvalue weighted by Gasteiger charge is 2.15. The molecule has 0 bridgehead atoms. The zero-order valence-corrected chi connectivity index (χ0v) is 37.3. The third-order valence-electron chi connectivity index (χ3n) is 10.0. The molecule has 65 heavy (non-hydrogen) atoms. The van der Waals surface area contributed by atoms with Crippen molar-refractivity contribution >= 4 is 39.1 Å². The first kappa shape index (κ1) is 48.4. The predicted molar refractivity (Wildman–Crippen MR) is 251 cm³/mol. The summed E-state index contributed by atoms with van der Waals surface area (Å²) in [4.78, 5) is 33.2. The molecule has 0 saturated heterocycles. The van der Waals surface area contributed by atoms with Gasteiger partial charge >= 0.3 is 0 Å². The average molecular weight is 899 g/mol. The number of amides is 1. The Morgan fingerprint density at radius 1 is 0.662 bits per heavy atom. The average Bonchev–Trinajstić information content (AvgIpc) is 3.32. The van der Waals surface area contributed by atoms with E-state index >= 15 is 0 Å². The van der Waals surface area contributed by atoms with Gasteiger partial charge in [0.2, 0.25) is 0 Å². The van der Waals surface area contributed by atoms with Crippen molar-refractivity contribution in [3.05, 3.63) is 189 Å². The fourth-order valence-corrected chi connectivity index (χ4v) is 6.72. The first-order chi connectivity index (χ1) is 31.3. The maximum Gasteiger partial charge on any atom is 0.256 e. The van der Waals surface area contributed by atoms with E-state index in [-0.39, 0.29) is 28.9 Å². The number of nitrogens with zero attached hydrogens (tertiary/aromatic N) is 3. The van der Waals surface area contributed by atoms with E-state index in [2.05, 4.69) is 9.97 Å². The van der Waals surface area contributed by atoms with Gasteiger partial charge < -0.3 is 24.1 Å². The van der Waals surface area contributed by atoms with Gasteiger partial charge in [0, 0.05) is 40.7 Å². The standard InChI is InChI=1S/C16H11ClFNO.C16H12FNO2.C13H19NO2.C7H4FN/c1-20-13-6-7-14-11(8-13)9-15(19-16(14)17)10-2-4-12(18)5-3-10;1-20-13-6-7-14-11(8-13)9-15(18-16(14)19)10-2-4-12(17)5-3-10;1-5-14(6-2)13(15)12-8-7-11(16-4)9-10(12)3;8-7-3-1-6(5-9)2-4-7/h2-9H,1H3;2-9H,1H3,(H,18,19);7-9H,5-6H2,1-4H3;1-4H. The lowest BCUT2D eigenvalue weighted by molar-refractivity contribution is 0.0772. The number of nitriles is 1. The van der Waals surface area contributed by atoms with Crippen LogP contribution < -0.4 is 19.8 Å². The molecule has 332 valence electrons. The van der Waals surface area contributed by atoms with Crippen molar-refractivity contribution in [1.29, 1.82) is 5.26 Å². The molecule has 0 radical (unpaired) electrons. The molecule has 13 heteroatoms. The smallest absolute Gasteiger partial charge is 0.256 e. The highest BCUT2D eigenvalue weighted by molar-refractivity contribution is 6.34. The minimum Gasteiger partial charge on any atom is -0.497 e. The summed E-state index contributed by atoms with van der Waals surface area (Å²) in [6.45, 7) is 7.38. The van der Waals surface area contributed by atoms with Crippen LogP contribution in [0, 0.1) is 35.7 Å². The van der Waals surface area contributed by atoms with E-state index in [1.54, 1.807) is 63.8 Å². The van der Waals surface area contributed by atoms with E-state index in [0.29, 0.717) is 33.2 Å². The number of hydrogen-bond acceptors (Lipinski definition) is 7. The zero-order chi connectivity index (χ0) is 47.0. The molecular weight excluding hydrogens is 853 g/mol. The number of halogens is 4. The Morgan fingerprint density at radius 2 is 1.14 bits per heavy atom. The van der Waals surface area contributed by atoms with Gasteiger partial charge in [-0.2, -0.15) is 5.26 Å². The first-order valence-corrected chi connectivity index (χ1v) is 20.7. The number of fused-ring (bicyclic) bond motifs is 2. The maximum atomic E-state index is 13.0. The summed E-state index contributed by atoms with van der Waals surface area (Å²) >= 11 is 6.21. The van der Waals surface area contributed by atoms with Crippen LogP contribution in [-0.2, 0) is 0 Å². The summed E-state index contributed by atoms with van der Waals surface area (Å²) in [6, 6.07) is 39.6. The molecule has 2 heterocycles. The third kappa shape index (κ3) is 13.0. The number of carbonyl (C=O) groups is 1. The number of hydrogen-bond donors (Lipinski definition) is 1. The Balaban J connectivity index is 0.000000168. The minimum atomic E-state index is -0.311.